The first-order valence-electron chi connectivity index (χ1n) is 31.7. The average Bonchev–Trinajstić information content (AvgIpc) is 0.801. The van der Waals surface area contributed by atoms with Crippen molar-refractivity contribution in [2.24, 2.45) is 5.92 Å². The molecule has 0 atom stereocenters. The summed E-state index contributed by atoms with van der Waals surface area (Å²) in [6, 6.07) is 43.5. The van der Waals surface area contributed by atoms with Crippen molar-refractivity contribution < 1.29 is 122 Å². The number of anilines is 5. The van der Waals surface area contributed by atoms with Gasteiger partial charge in [0.25, 0.3) is 10.1 Å². The Balaban J connectivity index is 0.000000342. The highest BCUT2D eigenvalue weighted by Gasteiger charge is 2.37. The summed E-state index contributed by atoms with van der Waals surface area (Å²) >= 11 is 5.27. The maximum atomic E-state index is 12.2. The molecule has 0 unspecified atom stereocenters. The average molecular weight is 1830 g/mol. The lowest BCUT2D eigenvalue weighted by Gasteiger charge is -2.46. The van der Waals surface area contributed by atoms with Crippen LogP contribution in [-0.4, -0.2) is 168 Å². The van der Waals surface area contributed by atoms with E-state index in [0.29, 0.717) is 55.2 Å². The zero-order chi connectivity index (χ0) is 81.3. The van der Waals surface area contributed by atoms with E-state index in [1.54, 1.807) is 65.6 Å². The number of likely N-dealkylation sites (N-methyl/N-ethyl adjacent to an activating group) is 1. The number of alkyl halides is 15. The molecule has 0 radical (unpaired) electrons. The summed E-state index contributed by atoms with van der Waals surface area (Å²) in [6.07, 6.45) is -21.0. The summed E-state index contributed by atoms with van der Waals surface area (Å²) < 4.78 is 245. The summed E-state index contributed by atoms with van der Waals surface area (Å²) in [5.74, 6) is -0.411. The molecule has 110 heavy (non-hydrogen) atoms. The monoisotopic (exact) mass is 1830 g/mol. The van der Waals surface area contributed by atoms with Gasteiger partial charge in [0.1, 0.15) is 34.9 Å². The van der Waals surface area contributed by atoms with E-state index in [0.717, 1.165) is 89.0 Å². The molecular formula is C69H73BrCl2F15IN8O12S2. The number of aliphatic hydroxyl groups excluding tert-OH is 2. The van der Waals surface area contributed by atoms with Crippen LogP contribution in [0, 0.1) is 22.6 Å². The first kappa shape index (κ1) is 94.4. The smallest absolute Gasteiger partial charge is 0.406 e. The molecule has 7 aromatic rings. The molecule has 0 aromatic heterocycles. The number of hydrogen-bond donors (Lipinski definition) is 3. The minimum absolute atomic E-state index is 0. The van der Waals surface area contributed by atoms with Gasteiger partial charge >= 0.3 is 31.8 Å². The number of nitrogens with one attached hydrogen (secondary N) is 1. The van der Waals surface area contributed by atoms with E-state index >= 15 is 0 Å². The van der Waals surface area contributed by atoms with Gasteiger partial charge in [-0.25, -0.2) is 18.1 Å². The van der Waals surface area contributed by atoms with Crippen molar-refractivity contribution in [3.8, 4) is 28.7 Å². The quantitative estimate of drug-likeness (QED) is 0.0305. The van der Waals surface area contributed by atoms with Crippen LogP contribution >= 0.6 is 61.6 Å². The highest BCUT2D eigenvalue weighted by molar-refractivity contribution is 14.1. The maximum absolute atomic E-state index is 12.2. The lowest BCUT2D eigenvalue weighted by Crippen LogP contribution is -2.58. The number of nitrogens with zero attached hydrogens (tertiary/aromatic N) is 7. The lowest BCUT2D eigenvalue weighted by molar-refractivity contribution is -0.275. The fourth-order valence-corrected chi connectivity index (χ4v) is 10.6. The molecule has 5 fully saturated rings. The third kappa shape index (κ3) is 38.3. The third-order valence-corrected chi connectivity index (χ3v) is 16.7. The molecule has 20 nitrogen and oxygen atoms in total. The Morgan fingerprint density at radius 3 is 1.03 bits per heavy atom. The molecule has 0 bridgehead atoms. The molecule has 5 heterocycles. The van der Waals surface area contributed by atoms with Gasteiger partial charge in [-0.15, -0.1) is 78.3 Å². The Hall–Kier alpha value is -8.00. The van der Waals surface area contributed by atoms with Gasteiger partial charge < -0.3 is 63.7 Å². The van der Waals surface area contributed by atoms with Crippen molar-refractivity contribution in [2.75, 3.05) is 110 Å². The number of ether oxygens (including phenoxy) is 5. The molecular weight excluding hydrogens is 1760 g/mol. The molecule has 3 N–H and O–H groups in total. The number of aliphatic hydroxyl groups is 2. The van der Waals surface area contributed by atoms with Crippen molar-refractivity contribution in [1.82, 2.24) is 5.32 Å². The molecule has 41 heteroatoms. The highest BCUT2D eigenvalue weighted by atomic mass is 127. The van der Waals surface area contributed by atoms with Crippen LogP contribution in [0.15, 0.2) is 174 Å². The number of halogens is 19. The van der Waals surface area contributed by atoms with Gasteiger partial charge in [0.2, 0.25) is 9.05 Å². The maximum Gasteiger partial charge on any atom is 0.573 e. The highest BCUT2D eigenvalue weighted by Crippen LogP contribution is 2.35. The Kier molecular flexibility index (Phi) is 36.5. The molecule has 5 aliphatic rings. The van der Waals surface area contributed by atoms with Crippen LogP contribution in [0.25, 0.3) is 9.69 Å². The van der Waals surface area contributed by atoms with Crippen molar-refractivity contribution in [1.29, 1.82) is 0 Å². The number of β-amino-alcohol motifs (C(OH)–C–C–N with tert-alkyl or cyclic N) is 2. The van der Waals surface area contributed by atoms with Gasteiger partial charge in [0, 0.05) is 121 Å². The number of hydrogen-bond acceptors (Lipinski definition) is 18. The predicted octanol–water partition coefficient (Wildman–Crippen LogP) is 17.4. The van der Waals surface area contributed by atoms with Crippen molar-refractivity contribution >= 4 is 121 Å². The van der Waals surface area contributed by atoms with Crippen LogP contribution in [0.1, 0.15) is 14.8 Å². The second-order valence-electron chi connectivity index (χ2n) is 23.6. The molecule has 7 aromatic carbocycles. The molecule has 606 valence electrons. The van der Waals surface area contributed by atoms with Crippen LogP contribution < -0.4 is 53.5 Å². The van der Waals surface area contributed by atoms with E-state index in [4.69, 9.17) is 27.5 Å². The van der Waals surface area contributed by atoms with E-state index < -0.39 is 57.1 Å². The minimum atomic E-state index is -4.72. The van der Waals surface area contributed by atoms with Crippen molar-refractivity contribution in [3.05, 3.63) is 201 Å². The SMILES string of the molecule is CCC1CN(c2ccc(OC(F)(F)F)cc2)C1.CS(=O)(=O)Cl.CS(=O)(=O)OC1CN(c2ccc(OC(F)(F)F)cc2)C1.Cl.FC(F)(F)Oc1ccc(I)cc1.OC1CN(c2ccc(OC(F)(F)F)cc2)C1.OC1CNC1.[C-]#[N+]c1ccc(Br)cc1.[C-]#[N+]c1ccc(N(C)C2CN(c3ccc(OC(F)(F)F)cc3)C2)cc1.[HH]. The molecule has 0 aliphatic carbocycles. The summed E-state index contributed by atoms with van der Waals surface area (Å²) in [5, 5.41) is 20.4. The zero-order valence-electron chi connectivity index (χ0n) is 58.0. The largest absolute Gasteiger partial charge is 0.573 e. The first-order chi connectivity index (χ1) is 50.6. The Labute approximate surface area is 658 Å². The summed E-state index contributed by atoms with van der Waals surface area (Å²) in [6.45, 7) is 22.6. The first-order valence-corrected chi connectivity index (χ1v) is 38.1. The third-order valence-electron chi connectivity index (χ3n) is 14.9. The molecule has 0 saturated carbocycles. The van der Waals surface area contributed by atoms with E-state index in [-0.39, 0.29) is 54.8 Å². The van der Waals surface area contributed by atoms with Crippen LogP contribution in [0.3, 0.4) is 0 Å². The molecule has 5 saturated heterocycles. The normalized spacial score (nSPS) is 15.1. The number of rotatable bonds is 14. The summed E-state index contributed by atoms with van der Waals surface area (Å²) in [5.41, 5.74) is 5.58. The van der Waals surface area contributed by atoms with E-state index in [9.17, 15) is 82.7 Å². The van der Waals surface area contributed by atoms with Gasteiger partial charge in [-0.3, -0.25) is 4.18 Å². The Morgan fingerprint density at radius 1 is 0.500 bits per heavy atom. The fraction of sp³-hybridized carbons (Fsp3) is 0.362. The van der Waals surface area contributed by atoms with Gasteiger partial charge in [0.15, 0.2) is 11.4 Å². The Bertz CT molecular complexity index is 4220. The number of benzene rings is 7. The second-order valence-corrected chi connectivity index (χ2v) is 30.4. The summed E-state index contributed by atoms with van der Waals surface area (Å²) in [7, 11) is -0.186. The van der Waals surface area contributed by atoms with Gasteiger partial charge in [-0.2, -0.15) is 8.42 Å². The van der Waals surface area contributed by atoms with Crippen LogP contribution in [0.4, 0.5) is 106 Å². The van der Waals surface area contributed by atoms with Crippen molar-refractivity contribution in [2.45, 2.75) is 69.5 Å². The predicted molar refractivity (Wildman–Crippen MR) is 401 cm³/mol. The zero-order valence-corrected chi connectivity index (χ0v) is 64.9. The standard InChI is InChI=1S/C18H16F3N3O.C12H14F3NO.C11H12F3NO4S.C10H10F3NO2.C7H4BrN.C7H4F3IO.C3H7NO.CH3ClO2S.ClH.H2/c1-22-13-3-5-14(6-4-13)23(2)16-11-24(12-16)15-7-9-17(10-8-15)25-18(19,20)21;1-2-9-7-16(8-9)10-3-5-11(6-4-10)17-12(13,14)15;1-20(16,17)19-10-6-15(7-10)8-2-4-9(5-3-8)18-11(12,13)14;11-10(12,13)16-9-3-1-7(2-4-9)14-5-8(15)6-14;1-9-7-4-2-6(8)3-5-7;8-7(9,10)12-6-3-1-5(11)2-4-6;5-3-1-4-2-3;1-5(2,3)4;;/h3-10,16H,11-12H2,2H3;3-6,9H,2,7-8H2,1H3;2-5,10H,6-7H2,1H3;1-4,8,15H,5-6H2;2-5H;1-4H;3-5H,1-2H2;1H3;2*1H. The van der Waals surface area contributed by atoms with Gasteiger partial charge in [0.05, 0.1) is 43.9 Å². The van der Waals surface area contributed by atoms with Crippen molar-refractivity contribution in [3.63, 3.8) is 0 Å². The van der Waals surface area contributed by atoms with E-state index in [1.807, 2.05) is 58.8 Å². The van der Waals surface area contributed by atoms with Gasteiger partial charge in [-0.1, -0.05) is 59.3 Å². The van der Waals surface area contributed by atoms with E-state index in [1.165, 1.54) is 84.9 Å². The Morgan fingerprint density at radius 2 is 0.773 bits per heavy atom. The topological polar surface area (TPSA) is 201 Å². The van der Waals surface area contributed by atoms with Gasteiger partial charge in [-0.05, 0) is 168 Å². The second kappa shape index (κ2) is 42.6. The van der Waals surface area contributed by atoms with Crippen LogP contribution in [-0.2, 0) is 23.4 Å². The van der Waals surface area contributed by atoms with Crippen LogP contribution in [0.5, 0.6) is 28.7 Å². The molecule has 0 spiro atoms. The van der Waals surface area contributed by atoms with E-state index in [2.05, 4.69) is 86.9 Å². The molecule has 5 aliphatic heterocycles. The molecule has 12 rings (SSSR count). The lowest BCUT2D eigenvalue weighted by atomic mass is 9.96. The van der Waals surface area contributed by atoms with Crippen LogP contribution in [0.2, 0.25) is 0 Å². The molecule has 0 amide bonds. The minimum Gasteiger partial charge on any atom is -0.406 e. The fourth-order valence-electron chi connectivity index (χ4n) is 9.41. The summed E-state index contributed by atoms with van der Waals surface area (Å²) in [4.78, 5) is 16.6.